The minimum Gasteiger partial charge on any atom is -0.403 e. The summed E-state index contributed by atoms with van der Waals surface area (Å²) in [5.41, 5.74) is 2.60. The molecule has 0 unspecified atom stereocenters. The summed E-state index contributed by atoms with van der Waals surface area (Å²) in [4.78, 5) is 24.6. The van der Waals surface area contributed by atoms with E-state index in [9.17, 15) is 31.1 Å². The summed E-state index contributed by atoms with van der Waals surface area (Å²) >= 11 is 0. The normalized spacial score (nSPS) is 13.0. The van der Waals surface area contributed by atoms with E-state index >= 15 is 0 Å². The third kappa shape index (κ3) is 6.22. The first kappa shape index (κ1) is 25.4. The summed E-state index contributed by atoms with van der Waals surface area (Å²) in [5, 5.41) is 2.42. The van der Waals surface area contributed by atoms with E-state index in [0.29, 0.717) is 23.4 Å². The highest BCUT2D eigenvalue weighted by Crippen LogP contribution is 2.40. The van der Waals surface area contributed by atoms with Crippen molar-refractivity contribution >= 4 is 17.3 Å². The lowest BCUT2D eigenvalue weighted by Gasteiger charge is -2.15. The first-order chi connectivity index (χ1) is 16.4. The lowest BCUT2D eigenvalue weighted by molar-refractivity contribution is -0.142. The van der Waals surface area contributed by atoms with Crippen LogP contribution < -0.4 is 11.1 Å². The highest BCUT2D eigenvalue weighted by molar-refractivity contribution is 6.06. The molecule has 0 atom stereocenters. The predicted octanol–water partition coefficient (Wildman–Crippen LogP) is 5.50. The van der Waals surface area contributed by atoms with Crippen LogP contribution in [0, 0.1) is 0 Å². The SMILES string of the molecule is CC(=Nc1ccc(C(F)(F)F)cc1C(F)(F)F)/C(=C\N)NC(=O)c1cncc(-c2ccccn2)c1. The van der Waals surface area contributed by atoms with Gasteiger partial charge in [-0.1, -0.05) is 6.07 Å². The van der Waals surface area contributed by atoms with Crippen molar-refractivity contribution in [3.8, 4) is 11.3 Å². The Hall–Kier alpha value is -4.22. The first-order valence-electron chi connectivity index (χ1n) is 9.84. The first-order valence-corrected chi connectivity index (χ1v) is 9.84. The van der Waals surface area contributed by atoms with Crippen LogP contribution in [0.1, 0.15) is 28.4 Å². The number of nitrogens with zero attached hydrogens (tertiary/aromatic N) is 3. The maximum atomic E-state index is 13.4. The van der Waals surface area contributed by atoms with Crippen LogP contribution in [0.15, 0.2) is 77.9 Å². The van der Waals surface area contributed by atoms with Crippen LogP contribution in [-0.4, -0.2) is 21.6 Å². The van der Waals surface area contributed by atoms with Crippen molar-refractivity contribution in [3.63, 3.8) is 0 Å². The molecule has 12 heteroatoms. The van der Waals surface area contributed by atoms with Crippen molar-refractivity contribution in [2.24, 2.45) is 10.7 Å². The molecule has 0 saturated heterocycles. The monoisotopic (exact) mass is 493 g/mol. The van der Waals surface area contributed by atoms with Gasteiger partial charge >= 0.3 is 12.4 Å². The molecule has 3 N–H and O–H groups in total. The Bertz CT molecular complexity index is 1280. The summed E-state index contributed by atoms with van der Waals surface area (Å²) in [6.07, 6.45) is -4.84. The molecule has 0 bridgehead atoms. The molecule has 1 aromatic carbocycles. The maximum absolute atomic E-state index is 13.4. The van der Waals surface area contributed by atoms with Gasteiger partial charge in [0.25, 0.3) is 5.91 Å². The second kappa shape index (κ2) is 9.95. The number of hydrogen-bond acceptors (Lipinski definition) is 5. The molecular formula is C23H17F6N5O. The highest BCUT2D eigenvalue weighted by Gasteiger charge is 2.38. The molecule has 0 aliphatic rings. The van der Waals surface area contributed by atoms with E-state index in [4.69, 9.17) is 5.73 Å². The zero-order valence-electron chi connectivity index (χ0n) is 17.9. The molecule has 3 rings (SSSR count). The van der Waals surface area contributed by atoms with E-state index in [1.807, 2.05) is 0 Å². The molecule has 182 valence electrons. The largest absolute Gasteiger partial charge is 0.418 e. The summed E-state index contributed by atoms with van der Waals surface area (Å²) in [5.74, 6) is -0.690. The molecular weight excluding hydrogens is 476 g/mol. The van der Waals surface area contributed by atoms with Crippen LogP contribution in [-0.2, 0) is 12.4 Å². The van der Waals surface area contributed by atoms with Crippen molar-refractivity contribution in [1.29, 1.82) is 0 Å². The van der Waals surface area contributed by atoms with Gasteiger partial charge in [0.15, 0.2) is 0 Å². The van der Waals surface area contributed by atoms with E-state index in [1.54, 1.807) is 24.4 Å². The third-order valence-electron chi connectivity index (χ3n) is 4.68. The number of carbonyl (C=O) groups excluding carboxylic acids is 1. The number of nitrogens with one attached hydrogen (secondary N) is 1. The van der Waals surface area contributed by atoms with Gasteiger partial charge in [-0.15, -0.1) is 0 Å². The number of pyridine rings is 2. The van der Waals surface area contributed by atoms with Crippen LogP contribution >= 0.6 is 0 Å². The molecule has 2 aromatic heterocycles. The van der Waals surface area contributed by atoms with Crippen molar-refractivity contribution in [1.82, 2.24) is 15.3 Å². The number of halogens is 6. The van der Waals surface area contributed by atoms with Gasteiger partial charge in [0.05, 0.1) is 39.5 Å². The minimum atomic E-state index is -5.10. The third-order valence-corrected chi connectivity index (χ3v) is 4.68. The van der Waals surface area contributed by atoms with E-state index in [0.717, 1.165) is 6.20 Å². The van der Waals surface area contributed by atoms with Crippen LogP contribution in [0.3, 0.4) is 0 Å². The van der Waals surface area contributed by atoms with Crippen LogP contribution in [0.4, 0.5) is 32.0 Å². The van der Waals surface area contributed by atoms with E-state index < -0.39 is 35.1 Å². The van der Waals surface area contributed by atoms with Crippen molar-refractivity contribution in [3.05, 3.63) is 89.6 Å². The standard InChI is InChI=1S/C23H17F6N5O/c1-13(33-19-6-5-16(22(24,25)26)9-17(19)23(27,28)29)20(10-30)34-21(35)15-8-14(11-31-12-15)18-4-2-3-7-32-18/h2-12H,30H2,1H3,(H,34,35)/b20-10+,33-13?. The molecule has 0 aliphatic carbocycles. The number of carbonyl (C=O) groups is 1. The average molecular weight is 493 g/mol. The molecule has 0 aliphatic heterocycles. The Kier molecular flexibility index (Phi) is 7.22. The number of nitrogens with two attached hydrogens (primary N) is 1. The van der Waals surface area contributed by atoms with Gasteiger partial charge in [0.1, 0.15) is 0 Å². The number of aliphatic imine (C=N–C) groups is 1. The van der Waals surface area contributed by atoms with Crippen molar-refractivity contribution < 1.29 is 31.1 Å². The number of benzene rings is 1. The number of alkyl halides is 6. The second-order valence-electron chi connectivity index (χ2n) is 7.14. The van der Waals surface area contributed by atoms with Gasteiger partial charge in [-0.3, -0.25) is 19.8 Å². The molecule has 35 heavy (non-hydrogen) atoms. The Balaban J connectivity index is 1.89. The fraction of sp³-hybridized carbons (Fsp3) is 0.130. The second-order valence-corrected chi connectivity index (χ2v) is 7.14. The van der Waals surface area contributed by atoms with Crippen molar-refractivity contribution in [2.45, 2.75) is 19.3 Å². The van der Waals surface area contributed by atoms with Crippen LogP contribution in [0.2, 0.25) is 0 Å². The predicted molar refractivity (Wildman–Crippen MR) is 116 cm³/mol. The minimum absolute atomic E-state index is 0.0225. The van der Waals surface area contributed by atoms with Gasteiger partial charge in [-0.2, -0.15) is 26.3 Å². The Morgan fingerprint density at radius 3 is 2.37 bits per heavy atom. The van der Waals surface area contributed by atoms with E-state index in [2.05, 4.69) is 20.3 Å². The van der Waals surface area contributed by atoms with Crippen LogP contribution in [0.5, 0.6) is 0 Å². The van der Waals surface area contributed by atoms with Gasteiger partial charge in [-0.05, 0) is 43.3 Å². The molecule has 0 fully saturated rings. The molecule has 6 nitrogen and oxygen atoms in total. The molecule has 0 spiro atoms. The topological polar surface area (TPSA) is 93.3 Å². The zero-order chi connectivity index (χ0) is 25.8. The fourth-order valence-electron chi connectivity index (χ4n) is 2.96. The van der Waals surface area contributed by atoms with E-state index in [1.165, 1.54) is 25.4 Å². The Morgan fingerprint density at radius 2 is 1.77 bits per heavy atom. The van der Waals surface area contributed by atoms with Crippen molar-refractivity contribution in [2.75, 3.05) is 0 Å². The van der Waals surface area contributed by atoms with Gasteiger partial charge in [-0.25, -0.2) is 0 Å². The number of allylic oxidation sites excluding steroid dienone is 1. The Labute approximate surface area is 195 Å². The molecule has 2 heterocycles. The summed E-state index contributed by atoms with van der Waals surface area (Å²) < 4.78 is 78.9. The summed E-state index contributed by atoms with van der Waals surface area (Å²) in [7, 11) is 0. The van der Waals surface area contributed by atoms with E-state index in [-0.39, 0.29) is 23.0 Å². The molecule has 1 amide bonds. The lowest BCUT2D eigenvalue weighted by Crippen LogP contribution is -2.27. The van der Waals surface area contributed by atoms with Gasteiger partial charge < -0.3 is 11.1 Å². The number of amides is 1. The van der Waals surface area contributed by atoms with Crippen LogP contribution in [0.25, 0.3) is 11.3 Å². The molecule has 0 radical (unpaired) electrons. The molecule has 3 aromatic rings. The quantitative estimate of drug-likeness (QED) is 0.363. The maximum Gasteiger partial charge on any atom is 0.418 e. The fourth-order valence-corrected chi connectivity index (χ4v) is 2.96. The molecule has 0 saturated carbocycles. The highest BCUT2D eigenvalue weighted by atomic mass is 19.4. The number of hydrogen-bond donors (Lipinski definition) is 2. The number of rotatable bonds is 5. The van der Waals surface area contributed by atoms with Gasteiger partial charge in [0, 0.05) is 30.4 Å². The average Bonchev–Trinajstić information content (AvgIpc) is 2.81. The summed E-state index contributed by atoms with van der Waals surface area (Å²) in [6.45, 7) is 1.25. The Morgan fingerprint density at radius 1 is 1.03 bits per heavy atom. The van der Waals surface area contributed by atoms with Gasteiger partial charge in [0.2, 0.25) is 0 Å². The number of aromatic nitrogens is 2. The lowest BCUT2D eigenvalue weighted by atomic mass is 10.1. The zero-order valence-corrected chi connectivity index (χ0v) is 17.9. The summed E-state index contributed by atoms with van der Waals surface area (Å²) in [6, 6.07) is 7.75. The smallest absolute Gasteiger partial charge is 0.403 e.